The van der Waals surface area contributed by atoms with Gasteiger partial charge in [0.15, 0.2) is 5.78 Å². The fraction of sp³-hybridized carbons (Fsp3) is 0.471. The number of hydrogen-bond donors (Lipinski definition) is 1. The van der Waals surface area contributed by atoms with Gasteiger partial charge in [0.25, 0.3) is 0 Å². The van der Waals surface area contributed by atoms with Crippen LogP contribution in [-0.4, -0.2) is 31.3 Å². The molecule has 1 amide bonds. The summed E-state index contributed by atoms with van der Waals surface area (Å²) in [5, 5.41) is 2.59. The Hall–Kier alpha value is -2.17. The second-order valence-electron chi connectivity index (χ2n) is 5.05. The molecule has 5 heteroatoms. The minimum atomic E-state index is -0.372. The molecule has 0 aliphatic rings. The SMILES string of the molecule is CCCc1ccc(C(=O)CCC(=O)NCCC(=O)OC)cc1. The lowest BCUT2D eigenvalue weighted by molar-refractivity contribution is -0.140. The van der Waals surface area contributed by atoms with Crippen molar-refractivity contribution in [1.29, 1.82) is 0 Å². The van der Waals surface area contributed by atoms with Crippen LogP contribution >= 0.6 is 0 Å². The summed E-state index contributed by atoms with van der Waals surface area (Å²) in [5.74, 6) is -0.658. The summed E-state index contributed by atoms with van der Waals surface area (Å²) < 4.78 is 4.47. The van der Waals surface area contributed by atoms with Gasteiger partial charge in [-0.2, -0.15) is 0 Å². The molecule has 0 aliphatic carbocycles. The van der Waals surface area contributed by atoms with E-state index in [-0.39, 0.29) is 43.5 Å². The third-order valence-corrected chi connectivity index (χ3v) is 3.27. The monoisotopic (exact) mass is 305 g/mol. The second-order valence-corrected chi connectivity index (χ2v) is 5.05. The zero-order valence-corrected chi connectivity index (χ0v) is 13.2. The molecule has 0 aliphatic heterocycles. The van der Waals surface area contributed by atoms with E-state index in [1.54, 1.807) is 0 Å². The first-order chi connectivity index (χ1) is 10.6. The van der Waals surface area contributed by atoms with E-state index in [2.05, 4.69) is 17.0 Å². The summed E-state index contributed by atoms with van der Waals surface area (Å²) in [7, 11) is 1.30. The van der Waals surface area contributed by atoms with Crippen molar-refractivity contribution in [3.8, 4) is 0 Å². The molecule has 5 nitrogen and oxygen atoms in total. The number of aryl methyl sites for hydroxylation is 1. The highest BCUT2D eigenvalue weighted by Crippen LogP contribution is 2.09. The van der Waals surface area contributed by atoms with Gasteiger partial charge in [-0.25, -0.2) is 0 Å². The van der Waals surface area contributed by atoms with Crippen LogP contribution in [0.15, 0.2) is 24.3 Å². The highest BCUT2D eigenvalue weighted by Gasteiger charge is 2.09. The molecule has 0 aromatic heterocycles. The molecule has 0 saturated heterocycles. The lowest BCUT2D eigenvalue weighted by Gasteiger charge is -2.05. The van der Waals surface area contributed by atoms with E-state index < -0.39 is 0 Å². The number of esters is 1. The van der Waals surface area contributed by atoms with Gasteiger partial charge in [0.05, 0.1) is 13.5 Å². The van der Waals surface area contributed by atoms with Gasteiger partial charge >= 0.3 is 5.97 Å². The molecule has 0 bridgehead atoms. The number of nitrogens with one attached hydrogen (secondary N) is 1. The topological polar surface area (TPSA) is 72.5 Å². The Bertz CT molecular complexity index is 508. The number of benzene rings is 1. The van der Waals surface area contributed by atoms with E-state index in [0.29, 0.717) is 5.56 Å². The third-order valence-electron chi connectivity index (χ3n) is 3.27. The molecular weight excluding hydrogens is 282 g/mol. The average molecular weight is 305 g/mol. The van der Waals surface area contributed by atoms with Crippen molar-refractivity contribution >= 4 is 17.7 Å². The van der Waals surface area contributed by atoms with Gasteiger partial charge in [-0.15, -0.1) is 0 Å². The van der Waals surface area contributed by atoms with Crippen molar-refractivity contribution in [2.24, 2.45) is 0 Å². The first-order valence-corrected chi connectivity index (χ1v) is 7.52. The van der Waals surface area contributed by atoms with Gasteiger partial charge in [-0.05, 0) is 12.0 Å². The number of carbonyl (C=O) groups is 3. The zero-order chi connectivity index (χ0) is 16.4. The van der Waals surface area contributed by atoms with E-state index in [0.717, 1.165) is 12.8 Å². The normalized spacial score (nSPS) is 10.1. The summed E-state index contributed by atoms with van der Waals surface area (Å²) in [6, 6.07) is 7.52. The number of rotatable bonds is 9. The molecule has 0 unspecified atom stereocenters. The molecule has 0 atom stereocenters. The van der Waals surface area contributed by atoms with Crippen molar-refractivity contribution in [1.82, 2.24) is 5.32 Å². The van der Waals surface area contributed by atoms with Crippen molar-refractivity contribution < 1.29 is 19.1 Å². The fourth-order valence-corrected chi connectivity index (χ4v) is 2.01. The molecule has 0 spiro atoms. The van der Waals surface area contributed by atoms with Gasteiger partial charge < -0.3 is 10.1 Å². The van der Waals surface area contributed by atoms with Crippen molar-refractivity contribution in [3.63, 3.8) is 0 Å². The highest BCUT2D eigenvalue weighted by molar-refractivity contribution is 5.98. The fourth-order valence-electron chi connectivity index (χ4n) is 2.01. The standard InChI is InChI=1S/C17H23NO4/c1-3-4-13-5-7-14(8-6-13)15(19)9-10-16(20)18-12-11-17(21)22-2/h5-8H,3-4,9-12H2,1-2H3,(H,18,20). The molecule has 1 rings (SSSR count). The first kappa shape index (κ1) is 17.9. The second kappa shape index (κ2) is 9.71. The van der Waals surface area contributed by atoms with Crippen molar-refractivity contribution in [3.05, 3.63) is 35.4 Å². The van der Waals surface area contributed by atoms with Crippen molar-refractivity contribution in [2.75, 3.05) is 13.7 Å². The molecular formula is C17H23NO4. The van der Waals surface area contributed by atoms with Crippen LogP contribution in [0.3, 0.4) is 0 Å². The van der Waals surface area contributed by atoms with E-state index in [4.69, 9.17) is 0 Å². The minimum Gasteiger partial charge on any atom is -0.469 e. The van der Waals surface area contributed by atoms with Crippen LogP contribution in [-0.2, 0) is 20.7 Å². The molecule has 0 saturated carbocycles. The van der Waals surface area contributed by atoms with Crippen molar-refractivity contribution in [2.45, 2.75) is 39.0 Å². The van der Waals surface area contributed by atoms with Gasteiger partial charge in [0.2, 0.25) is 5.91 Å². The number of ether oxygens (including phenoxy) is 1. The maximum atomic E-state index is 12.0. The summed E-state index contributed by atoms with van der Waals surface area (Å²) in [6.07, 6.45) is 2.49. The Kier molecular flexibility index (Phi) is 7.89. The molecule has 0 fully saturated rings. The summed E-state index contributed by atoms with van der Waals surface area (Å²) in [6.45, 7) is 2.34. The lowest BCUT2D eigenvalue weighted by atomic mass is 10.0. The highest BCUT2D eigenvalue weighted by atomic mass is 16.5. The maximum absolute atomic E-state index is 12.0. The minimum absolute atomic E-state index is 0.0498. The van der Waals surface area contributed by atoms with Gasteiger partial charge in [0, 0.05) is 24.9 Å². The first-order valence-electron chi connectivity index (χ1n) is 7.52. The van der Waals surface area contributed by atoms with E-state index in [1.807, 2.05) is 24.3 Å². The molecule has 120 valence electrons. The van der Waals surface area contributed by atoms with Gasteiger partial charge in [-0.3, -0.25) is 14.4 Å². The lowest BCUT2D eigenvalue weighted by Crippen LogP contribution is -2.26. The molecule has 1 N–H and O–H groups in total. The third kappa shape index (κ3) is 6.52. The zero-order valence-electron chi connectivity index (χ0n) is 13.2. The molecule has 0 heterocycles. The van der Waals surface area contributed by atoms with Gasteiger partial charge in [-0.1, -0.05) is 37.6 Å². The number of Topliss-reactive ketones (excluding diaryl/α,β-unsaturated/α-hetero) is 1. The summed E-state index contributed by atoms with van der Waals surface area (Å²) in [4.78, 5) is 34.5. The number of methoxy groups -OCH3 is 1. The number of ketones is 1. The Morgan fingerprint density at radius 2 is 1.73 bits per heavy atom. The van der Waals surface area contributed by atoms with Crippen LogP contribution in [0.1, 0.15) is 48.5 Å². The smallest absolute Gasteiger partial charge is 0.307 e. The number of amides is 1. The number of hydrogen-bond acceptors (Lipinski definition) is 4. The molecule has 0 radical (unpaired) electrons. The van der Waals surface area contributed by atoms with Crippen LogP contribution in [0, 0.1) is 0 Å². The predicted molar refractivity (Wildman–Crippen MR) is 83.6 cm³/mol. The molecule has 1 aromatic rings. The Labute approximate surface area is 131 Å². The van der Waals surface area contributed by atoms with Crippen LogP contribution in [0.4, 0.5) is 0 Å². The summed E-state index contributed by atoms with van der Waals surface area (Å²) in [5.41, 5.74) is 1.84. The number of carbonyl (C=O) groups excluding carboxylic acids is 3. The Balaban J connectivity index is 2.32. The quantitative estimate of drug-likeness (QED) is 0.561. The average Bonchev–Trinajstić information content (AvgIpc) is 2.53. The largest absolute Gasteiger partial charge is 0.469 e. The Morgan fingerprint density at radius 1 is 1.05 bits per heavy atom. The van der Waals surface area contributed by atoms with E-state index in [1.165, 1.54) is 12.7 Å². The van der Waals surface area contributed by atoms with Crippen LogP contribution < -0.4 is 5.32 Å². The van der Waals surface area contributed by atoms with E-state index >= 15 is 0 Å². The van der Waals surface area contributed by atoms with E-state index in [9.17, 15) is 14.4 Å². The maximum Gasteiger partial charge on any atom is 0.307 e. The Morgan fingerprint density at radius 3 is 2.32 bits per heavy atom. The molecule has 22 heavy (non-hydrogen) atoms. The molecule has 1 aromatic carbocycles. The van der Waals surface area contributed by atoms with Gasteiger partial charge in [0.1, 0.15) is 0 Å². The predicted octanol–water partition coefficient (Wildman–Crippen LogP) is 2.28. The summed E-state index contributed by atoms with van der Waals surface area (Å²) >= 11 is 0. The van der Waals surface area contributed by atoms with Crippen LogP contribution in [0.5, 0.6) is 0 Å². The van der Waals surface area contributed by atoms with Crippen LogP contribution in [0.25, 0.3) is 0 Å². The van der Waals surface area contributed by atoms with Crippen LogP contribution in [0.2, 0.25) is 0 Å².